The number of hydrogen-bond donors (Lipinski definition) is 0. The molecule has 0 aliphatic carbocycles. The molecule has 0 fully saturated rings. The van der Waals surface area contributed by atoms with Gasteiger partial charge in [0, 0.05) is 16.3 Å². The molecule has 0 spiro atoms. The van der Waals surface area contributed by atoms with E-state index >= 15 is 0 Å². The van der Waals surface area contributed by atoms with Crippen LogP contribution in [0.15, 0.2) is 66.7 Å². The van der Waals surface area contributed by atoms with Crippen LogP contribution >= 0.6 is 0 Å². The summed E-state index contributed by atoms with van der Waals surface area (Å²) in [4.78, 5) is 0. The molecule has 5 rings (SSSR count). The zero-order valence-electron chi connectivity index (χ0n) is 13.1. The molecule has 5 aromatic rings. The van der Waals surface area contributed by atoms with Crippen LogP contribution in [0.5, 0.6) is 0 Å². The number of aromatic nitrogens is 4. The molecule has 0 amide bonds. The number of benzene rings is 3. The Balaban J connectivity index is 1.99. The molecule has 0 N–H and O–H groups in total. The van der Waals surface area contributed by atoms with Gasteiger partial charge in [-0.15, -0.1) is 10.2 Å². The summed E-state index contributed by atoms with van der Waals surface area (Å²) in [5.74, 6) is 0.789. The average Bonchev–Trinajstić information content (AvgIpc) is 3.02. The first-order valence-electron chi connectivity index (χ1n) is 7.92. The van der Waals surface area contributed by atoms with E-state index < -0.39 is 0 Å². The van der Waals surface area contributed by atoms with E-state index in [1.165, 1.54) is 10.8 Å². The third-order valence-electron chi connectivity index (χ3n) is 4.46. The third kappa shape index (κ3) is 1.77. The van der Waals surface area contributed by atoms with Crippen molar-refractivity contribution in [3.8, 4) is 11.3 Å². The molecule has 0 saturated heterocycles. The van der Waals surface area contributed by atoms with Crippen molar-refractivity contribution in [1.82, 2.24) is 19.8 Å². The van der Waals surface area contributed by atoms with Crippen LogP contribution in [0, 0.1) is 6.92 Å². The zero-order valence-corrected chi connectivity index (χ0v) is 13.1. The molecule has 0 radical (unpaired) electrons. The maximum atomic E-state index is 4.87. The van der Waals surface area contributed by atoms with Gasteiger partial charge >= 0.3 is 0 Å². The molecule has 0 aliphatic rings. The van der Waals surface area contributed by atoms with Crippen molar-refractivity contribution in [2.45, 2.75) is 6.92 Å². The molecule has 0 saturated carbocycles. The van der Waals surface area contributed by atoms with Gasteiger partial charge in [0.15, 0.2) is 11.5 Å². The van der Waals surface area contributed by atoms with Gasteiger partial charge in [-0.1, -0.05) is 66.7 Å². The maximum absolute atomic E-state index is 4.87. The number of hydrogen-bond acceptors (Lipinski definition) is 3. The molecule has 114 valence electrons. The number of fused-ring (bicyclic) bond motifs is 4. The van der Waals surface area contributed by atoms with Gasteiger partial charge in [0.25, 0.3) is 0 Å². The Morgan fingerprint density at radius 1 is 0.708 bits per heavy atom. The first kappa shape index (κ1) is 13.2. The van der Waals surface area contributed by atoms with Crippen LogP contribution in [0.1, 0.15) is 5.82 Å². The Morgan fingerprint density at radius 2 is 1.42 bits per heavy atom. The predicted molar refractivity (Wildman–Crippen MR) is 96.0 cm³/mol. The third-order valence-corrected chi connectivity index (χ3v) is 4.46. The van der Waals surface area contributed by atoms with E-state index in [2.05, 4.69) is 64.8 Å². The molecule has 2 heterocycles. The minimum atomic E-state index is 0.789. The summed E-state index contributed by atoms with van der Waals surface area (Å²) in [7, 11) is 0. The van der Waals surface area contributed by atoms with Crippen molar-refractivity contribution in [2.75, 3.05) is 0 Å². The Labute approximate surface area is 138 Å². The van der Waals surface area contributed by atoms with Crippen LogP contribution in [0.25, 0.3) is 38.4 Å². The van der Waals surface area contributed by atoms with Gasteiger partial charge in [-0.3, -0.25) is 0 Å². The van der Waals surface area contributed by atoms with Crippen LogP contribution in [0.4, 0.5) is 0 Å². The summed E-state index contributed by atoms with van der Waals surface area (Å²) >= 11 is 0. The second-order valence-electron chi connectivity index (χ2n) is 5.90. The number of rotatable bonds is 1. The molecule has 0 unspecified atom stereocenters. The summed E-state index contributed by atoms with van der Waals surface area (Å²) < 4.78 is 1.83. The molecule has 0 atom stereocenters. The molecule has 3 aromatic carbocycles. The van der Waals surface area contributed by atoms with Crippen molar-refractivity contribution in [3.05, 3.63) is 72.6 Å². The lowest BCUT2D eigenvalue weighted by molar-refractivity contribution is 0.886. The average molecular weight is 310 g/mol. The Morgan fingerprint density at radius 3 is 2.29 bits per heavy atom. The van der Waals surface area contributed by atoms with Gasteiger partial charge in [-0.2, -0.15) is 9.61 Å². The van der Waals surface area contributed by atoms with E-state index in [-0.39, 0.29) is 0 Å². The van der Waals surface area contributed by atoms with E-state index in [0.29, 0.717) is 0 Å². The molecule has 4 nitrogen and oxygen atoms in total. The summed E-state index contributed by atoms with van der Waals surface area (Å²) in [6, 6.07) is 23.0. The highest BCUT2D eigenvalue weighted by atomic mass is 15.4. The predicted octanol–water partition coefficient (Wildman–Crippen LogP) is 4.41. The maximum Gasteiger partial charge on any atom is 0.185 e. The van der Waals surface area contributed by atoms with Crippen molar-refractivity contribution < 1.29 is 0 Å². The van der Waals surface area contributed by atoms with Gasteiger partial charge in [0.05, 0.1) is 5.69 Å². The van der Waals surface area contributed by atoms with Gasteiger partial charge in [-0.05, 0) is 17.7 Å². The fourth-order valence-corrected chi connectivity index (χ4v) is 3.31. The van der Waals surface area contributed by atoms with Crippen molar-refractivity contribution in [3.63, 3.8) is 0 Å². The quantitative estimate of drug-likeness (QED) is 0.461. The van der Waals surface area contributed by atoms with Crippen LogP contribution in [-0.2, 0) is 0 Å². The van der Waals surface area contributed by atoms with Gasteiger partial charge in [0.2, 0.25) is 0 Å². The second kappa shape index (κ2) is 4.86. The summed E-state index contributed by atoms with van der Waals surface area (Å²) in [6.45, 7) is 1.93. The van der Waals surface area contributed by atoms with E-state index in [9.17, 15) is 0 Å². The van der Waals surface area contributed by atoms with Gasteiger partial charge < -0.3 is 0 Å². The Bertz CT molecular complexity index is 1220. The highest BCUT2D eigenvalue weighted by molar-refractivity contribution is 6.06. The zero-order chi connectivity index (χ0) is 16.1. The standard InChI is InChI=1S/C20H14N4/c1-13-21-22-20-18-11-5-4-10-17(18)19(23-24(13)20)16-12-6-8-14-7-2-3-9-15(14)16/h2-12H,1H3. The van der Waals surface area contributed by atoms with Crippen molar-refractivity contribution in [1.29, 1.82) is 0 Å². The molecule has 4 heteroatoms. The second-order valence-corrected chi connectivity index (χ2v) is 5.90. The first-order chi connectivity index (χ1) is 11.8. The van der Waals surface area contributed by atoms with E-state index in [1.54, 1.807) is 0 Å². The summed E-state index contributed by atoms with van der Waals surface area (Å²) in [5.41, 5.74) is 2.88. The normalized spacial score (nSPS) is 11.5. The minimum Gasteiger partial charge on any atom is -0.196 e. The Hall–Kier alpha value is -3.27. The topological polar surface area (TPSA) is 43.1 Å². The van der Waals surface area contributed by atoms with Crippen LogP contribution < -0.4 is 0 Å². The fraction of sp³-hybridized carbons (Fsp3) is 0.0500. The Kier molecular flexibility index (Phi) is 2.67. The van der Waals surface area contributed by atoms with E-state index in [4.69, 9.17) is 5.10 Å². The minimum absolute atomic E-state index is 0.789. The number of aryl methyl sites for hydroxylation is 1. The fourth-order valence-electron chi connectivity index (χ4n) is 3.31. The van der Waals surface area contributed by atoms with Crippen LogP contribution in [0.2, 0.25) is 0 Å². The largest absolute Gasteiger partial charge is 0.196 e. The lowest BCUT2D eigenvalue weighted by atomic mass is 9.99. The molecule has 24 heavy (non-hydrogen) atoms. The van der Waals surface area contributed by atoms with E-state index in [1.807, 2.05) is 23.6 Å². The first-order valence-corrected chi connectivity index (χ1v) is 7.92. The van der Waals surface area contributed by atoms with Gasteiger partial charge in [0.1, 0.15) is 0 Å². The highest BCUT2D eigenvalue weighted by Crippen LogP contribution is 2.33. The molecule has 2 aromatic heterocycles. The smallest absolute Gasteiger partial charge is 0.185 e. The lowest BCUT2D eigenvalue weighted by Gasteiger charge is -2.10. The van der Waals surface area contributed by atoms with Crippen LogP contribution in [0.3, 0.4) is 0 Å². The molecular weight excluding hydrogens is 296 g/mol. The van der Waals surface area contributed by atoms with Crippen molar-refractivity contribution in [2.24, 2.45) is 0 Å². The van der Waals surface area contributed by atoms with Crippen LogP contribution in [-0.4, -0.2) is 19.8 Å². The number of nitrogens with zero attached hydrogens (tertiary/aromatic N) is 4. The monoisotopic (exact) mass is 310 g/mol. The van der Waals surface area contributed by atoms with Gasteiger partial charge in [-0.25, -0.2) is 0 Å². The summed E-state index contributed by atoms with van der Waals surface area (Å²) in [6.07, 6.45) is 0. The highest BCUT2D eigenvalue weighted by Gasteiger charge is 2.14. The SMILES string of the molecule is Cc1nnc2c3ccccc3c(-c3cccc4ccccc34)nn12. The lowest BCUT2D eigenvalue weighted by Crippen LogP contribution is -1.99. The summed E-state index contributed by atoms with van der Waals surface area (Å²) in [5, 5.41) is 17.9. The molecule has 0 bridgehead atoms. The molecule has 0 aliphatic heterocycles. The molecular formula is C20H14N4. The van der Waals surface area contributed by atoms with Crippen molar-refractivity contribution >= 4 is 27.2 Å². The van der Waals surface area contributed by atoms with E-state index in [0.717, 1.165) is 33.5 Å².